The second kappa shape index (κ2) is 7.06. The van der Waals surface area contributed by atoms with Crippen LogP contribution in [0.2, 0.25) is 12.6 Å². The van der Waals surface area contributed by atoms with Gasteiger partial charge in [-0.15, -0.1) is 0 Å². The van der Waals surface area contributed by atoms with Gasteiger partial charge in [0.05, 0.1) is 10.9 Å². The molecule has 0 amide bonds. The zero-order valence-electron chi connectivity index (χ0n) is 16.4. The molecule has 9 heteroatoms. The number of pyridine rings is 1. The van der Waals surface area contributed by atoms with Crippen molar-refractivity contribution in [2.75, 3.05) is 0 Å². The van der Waals surface area contributed by atoms with E-state index in [-0.39, 0.29) is 18.3 Å². The largest absolute Gasteiger partial charge is 0.312 e. The van der Waals surface area contributed by atoms with Gasteiger partial charge in [0.2, 0.25) is 0 Å². The molecule has 0 radical (unpaired) electrons. The Bertz CT molecular complexity index is 1380. The van der Waals surface area contributed by atoms with Gasteiger partial charge < -0.3 is 4.57 Å². The van der Waals surface area contributed by atoms with E-state index in [4.69, 9.17) is 5.26 Å². The van der Waals surface area contributed by atoms with Crippen LogP contribution in [0.1, 0.15) is 18.9 Å². The molecule has 1 aliphatic heterocycles. The minimum Gasteiger partial charge on any atom is -0.312 e. The van der Waals surface area contributed by atoms with Crippen LogP contribution in [-0.2, 0) is 7.05 Å². The van der Waals surface area contributed by atoms with E-state index in [9.17, 15) is 9.18 Å². The molecule has 1 saturated heterocycles. The first kappa shape index (κ1) is 18.5. The lowest BCUT2D eigenvalue weighted by Gasteiger charge is -2.25. The lowest BCUT2D eigenvalue weighted by Crippen LogP contribution is -2.29. The first-order chi connectivity index (χ1) is 14.5. The number of nitrogens with zero attached hydrogens (tertiary/aromatic N) is 6. The fourth-order valence-corrected chi connectivity index (χ4v) is 4.30. The molecule has 0 aliphatic carbocycles. The quantitative estimate of drug-likeness (QED) is 0.482. The lowest BCUT2D eigenvalue weighted by molar-refractivity contribution is 0.444. The maximum Gasteiger partial charge on any atom is 0.268 e. The standard InChI is InChI=1S/C21H18BFN6O/c1-28-11-14-8-13(9-17(23)19(14)27-28)20-25-10-16-18(26-20)4-7-29(21(16)30)15-2-5-22(12-24)6-3-15/h4,7-11,15H,2-3,5-6H2,1H3. The summed E-state index contributed by atoms with van der Waals surface area (Å²) in [7, 11) is 1.74. The van der Waals surface area contributed by atoms with E-state index in [0.717, 1.165) is 25.5 Å². The number of aromatic nitrogens is 5. The Morgan fingerprint density at radius 1 is 1.30 bits per heavy atom. The molecule has 4 aromatic rings. The molecule has 1 fully saturated rings. The Kier molecular flexibility index (Phi) is 4.35. The second-order valence-electron chi connectivity index (χ2n) is 7.85. The van der Waals surface area contributed by atoms with Crippen molar-refractivity contribution in [1.29, 1.82) is 5.26 Å². The van der Waals surface area contributed by atoms with Crippen molar-refractivity contribution in [2.45, 2.75) is 31.5 Å². The van der Waals surface area contributed by atoms with Gasteiger partial charge in [-0.05, 0) is 31.0 Å². The van der Waals surface area contributed by atoms with Crippen molar-refractivity contribution >= 4 is 28.5 Å². The van der Waals surface area contributed by atoms with E-state index in [0.29, 0.717) is 33.2 Å². The van der Waals surface area contributed by atoms with Crippen LogP contribution in [0, 0.1) is 17.0 Å². The van der Waals surface area contributed by atoms with Gasteiger partial charge in [0, 0.05) is 48.6 Å². The summed E-state index contributed by atoms with van der Waals surface area (Å²) in [5.74, 6) is 2.24. The SMILES string of the molecule is Cn1cc2cc(-c3ncc4c(=O)n(C5CCB(C#N)CC5)ccc4n3)cc(F)c2n1. The Labute approximate surface area is 171 Å². The molecule has 30 heavy (non-hydrogen) atoms. The summed E-state index contributed by atoms with van der Waals surface area (Å²) in [6.45, 7) is 0.0841. The minimum absolute atomic E-state index is 0.0841. The van der Waals surface area contributed by atoms with Crippen LogP contribution in [0.4, 0.5) is 4.39 Å². The number of hydrogen-bond acceptors (Lipinski definition) is 5. The van der Waals surface area contributed by atoms with Gasteiger partial charge in [-0.25, -0.2) is 19.6 Å². The summed E-state index contributed by atoms with van der Waals surface area (Å²) in [5, 5.41) is 14.3. The van der Waals surface area contributed by atoms with Crippen LogP contribution in [0.5, 0.6) is 0 Å². The number of aryl methyl sites for hydroxylation is 1. The fourth-order valence-electron chi connectivity index (χ4n) is 4.30. The number of nitriles is 1. The molecular weight excluding hydrogens is 382 g/mol. The second-order valence-corrected chi connectivity index (χ2v) is 7.85. The zero-order valence-corrected chi connectivity index (χ0v) is 16.4. The highest BCUT2D eigenvalue weighted by molar-refractivity contribution is 6.67. The van der Waals surface area contributed by atoms with E-state index in [1.54, 1.807) is 40.8 Å². The van der Waals surface area contributed by atoms with Crippen LogP contribution in [0.3, 0.4) is 0 Å². The van der Waals surface area contributed by atoms with Crippen LogP contribution >= 0.6 is 0 Å². The van der Waals surface area contributed by atoms with Crippen LogP contribution in [-0.4, -0.2) is 31.0 Å². The topological polar surface area (TPSA) is 89.4 Å². The molecule has 1 aliphatic rings. The van der Waals surface area contributed by atoms with Gasteiger partial charge in [0.15, 0.2) is 11.6 Å². The van der Waals surface area contributed by atoms with Gasteiger partial charge in [-0.3, -0.25) is 9.48 Å². The van der Waals surface area contributed by atoms with Crippen molar-refractivity contribution < 1.29 is 4.39 Å². The van der Waals surface area contributed by atoms with Gasteiger partial charge in [0.1, 0.15) is 5.52 Å². The molecule has 1 aromatic carbocycles. The maximum absolute atomic E-state index is 14.4. The summed E-state index contributed by atoms with van der Waals surface area (Å²) in [5.41, 5.74) is 1.23. The van der Waals surface area contributed by atoms with Crippen LogP contribution < -0.4 is 5.56 Å². The molecule has 5 rings (SSSR count). The van der Waals surface area contributed by atoms with Crippen molar-refractivity contribution in [1.82, 2.24) is 24.3 Å². The predicted octanol–water partition coefficient (Wildman–Crippen LogP) is 3.38. The first-order valence-corrected chi connectivity index (χ1v) is 9.94. The normalized spacial score (nSPS) is 15.0. The highest BCUT2D eigenvalue weighted by Gasteiger charge is 2.26. The van der Waals surface area contributed by atoms with Gasteiger partial charge in [0.25, 0.3) is 12.3 Å². The van der Waals surface area contributed by atoms with E-state index in [1.807, 2.05) is 0 Å². The molecule has 0 bridgehead atoms. The molecule has 0 N–H and O–H groups in total. The highest BCUT2D eigenvalue weighted by Crippen LogP contribution is 2.29. The fraction of sp³-hybridized carbons (Fsp3) is 0.286. The number of fused-ring (bicyclic) bond motifs is 2. The van der Waals surface area contributed by atoms with E-state index >= 15 is 0 Å². The van der Waals surface area contributed by atoms with Gasteiger partial charge in [-0.1, -0.05) is 12.6 Å². The first-order valence-electron chi connectivity index (χ1n) is 9.94. The Morgan fingerprint density at radius 3 is 2.87 bits per heavy atom. The van der Waals surface area contributed by atoms with E-state index in [2.05, 4.69) is 21.0 Å². The number of halogens is 1. The number of benzene rings is 1. The summed E-state index contributed by atoms with van der Waals surface area (Å²) < 4.78 is 17.7. The van der Waals surface area contributed by atoms with Gasteiger partial charge in [-0.2, -0.15) is 5.10 Å². The number of hydrogen-bond donors (Lipinski definition) is 0. The molecule has 0 saturated carbocycles. The monoisotopic (exact) mass is 400 g/mol. The Hall–Kier alpha value is -3.54. The molecule has 0 unspecified atom stereocenters. The minimum atomic E-state index is -0.435. The highest BCUT2D eigenvalue weighted by atomic mass is 19.1. The van der Waals surface area contributed by atoms with Crippen molar-refractivity contribution in [3.8, 4) is 17.4 Å². The smallest absolute Gasteiger partial charge is 0.268 e. The molecule has 4 heterocycles. The third-order valence-electron chi connectivity index (χ3n) is 5.88. The summed E-state index contributed by atoms with van der Waals surface area (Å²) in [4.78, 5) is 21.9. The third-order valence-corrected chi connectivity index (χ3v) is 5.88. The summed E-state index contributed by atoms with van der Waals surface area (Å²) in [6, 6.07) is 5.05. The molecular formula is C21H18BFN6O. The van der Waals surface area contributed by atoms with E-state index < -0.39 is 5.82 Å². The predicted molar refractivity (Wildman–Crippen MR) is 113 cm³/mol. The Morgan fingerprint density at radius 2 is 2.10 bits per heavy atom. The van der Waals surface area contributed by atoms with Crippen molar-refractivity contribution in [2.24, 2.45) is 7.05 Å². The Balaban J connectivity index is 1.53. The van der Waals surface area contributed by atoms with E-state index in [1.165, 1.54) is 12.3 Å². The van der Waals surface area contributed by atoms with Crippen molar-refractivity contribution in [3.05, 3.63) is 53.0 Å². The van der Waals surface area contributed by atoms with Crippen LogP contribution in [0.15, 0.2) is 41.6 Å². The van der Waals surface area contributed by atoms with Crippen LogP contribution in [0.25, 0.3) is 33.2 Å². The summed E-state index contributed by atoms with van der Waals surface area (Å²) in [6.07, 6.45) is 8.27. The number of rotatable bonds is 2. The average molecular weight is 400 g/mol. The molecule has 3 aromatic heterocycles. The van der Waals surface area contributed by atoms with Crippen molar-refractivity contribution in [3.63, 3.8) is 0 Å². The molecule has 0 spiro atoms. The maximum atomic E-state index is 14.4. The average Bonchev–Trinajstić information content (AvgIpc) is 3.15. The lowest BCUT2D eigenvalue weighted by atomic mass is 9.42. The molecule has 7 nitrogen and oxygen atoms in total. The zero-order chi connectivity index (χ0) is 20.8. The van der Waals surface area contributed by atoms with Gasteiger partial charge >= 0.3 is 0 Å². The third kappa shape index (κ3) is 3.05. The summed E-state index contributed by atoms with van der Waals surface area (Å²) >= 11 is 0. The molecule has 0 atom stereocenters. The molecule has 148 valence electrons.